The number of rotatable bonds is 12. The van der Waals surface area contributed by atoms with Crippen molar-refractivity contribution >= 4 is 51.7 Å². The number of ether oxygens (including phenoxy) is 1. The fraction of sp³-hybridized carbons (Fsp3) is 0.562. The van der Waals surface area contributed by atoms with Gasteiger partial charge in [-0.2, -0.15) is 4.31 Å². The number of aliphatic hydroxyl groups is 6. The van der Waals surface area contributed by atoms with Gasteiger partial charge >= 0.3 is 29.2 Å². The minimum absolute atomic E-state index is 0.0856. The van der Waals surface area contributed by atoms with Crippen LogP contribution in [0.5, 0.6) is 0 Å². The highest BCUT2D eigenvalue weighted by atomic mass is 31.3. The first-order chi connectivity index (χ1) is 20.0. The van der Waals surface area contributed by atoms with Crippen LogP contribution >= 0.6 is 23.2 Å². The van der Waals surface area contributed by atoms with E-state index in [2.05, 4.69) is 23.8 Å². The average molecular weight is 701 g/mol. The summed E-state index contributed by atoms with van der Waals surface area (Å²) in [6, 6.07) is 0. The van der Waals surface area contributed by atoms with Crippen LogP contribution < -0.4 is 5.73 Å². The second-order valence-electron chi connectivity index (χ2n) is 8.56. The third-order valence-corrected chi connectivity index (χ3v) is 8.39. The lowest BCUT2D eigenvalue weighted by molar-refractivity contribution is -0.164. The summed E-state index contributed by atoms with van der Waals surface area (Å²) < 4.78 is 47.2. The molecule has 1 aliphatic rings. The highest BCUT2D eigenvalue weighted by Crippen LogP contribution is 2.57. The molecule has 0 bridgehead atoms. The van der Waals surface area contributed by atoms with Crippen LogP contribution in [0.25, 0.3) is 11.2 Å². The molecule has 0 radical (unpaired) electrons. The number of carbonyl (C=O) groups is 2. The zero-order valence-electron chi connectivity index (χ0n) is 21.3. The second-order valence-corrected chi connectivity index (χ2v) is 12.9. The third kappa shape index (κ3) is 9.56. The van der Waals surface area contributed by atoms with Crippen LogP contribution in [0, 0.1) is 0 Å². The number of nitrogen functional groups attached to an aromatic ring is 1. The summed E-state index contributed by atoms with van der Waals surface area (Å²) in [5.74, 6) is -1.87. The molecule has 14 N–H and O–H groups in total. The number of carboxylic acid groups (broad SMARTS) is 1. The minimum Gasteiger partial charge on any atom is -0.479 e. The summed E-state index contributed by atoms with van der Waals surface area (Å²) in [7, 11) is -15.8. The predicted molar refractivity (Wildman–Crippen MR) is 133 cm³/mol. The van der Waals surface area contributed by atoms with Gasteiger partial charge in [-0.1, -0.05) is 0 Å². The Balaban J connectivity index is 0.000000345. The fourth-order valence-corrected chi connectivity index (χ4v) is 5.41. The smallest absolute Gasteiger partial charge is 0.479 e. The molecule has 250 valence electrons. The Kier molecular flexibility index (Phi) is 12.3. The summed E-state index contributed by atoms with van der Waals surface area (Å²) in [5.41, 5.74) is 4.01. The van der Waals surface area contributed by atoms with Gasteiger partial charge in [0.15, 0.2) is 29.9 Å². The van der Waals surface area contributed by atoms with Gasteiger partial charge in [0, 0.05) is 0 Å². The number of nitrogens with two attached hydrogens (primary N) is 1. The second kappa shape index (κ2) is 14.4. The van der Waals surface area contributed by atoms with E-state index in [1.54, 1.807) is 0 Å². The molecule has 2 aromatic rings. The molecule has 3 heterocycles. The zero-order valence-corrected chi connectivity index (χ0v) is 24.0. The van der Waals surface area contributed by atoms with Crippen molar-refractivity contribution in [3.05, 3.63) is 12.7 Å². The van der Waals surface area contributed by atoms with Crippen LogP contribution in [-0.2, 0) is 36.9 Å². The fourth-order valence-electron chi connectivity index (χ4n) is 3.32. The van der Waals surface area contributed by atoms with Crippen LogP contribution in [0.1, 0.15) is 6.23 Å². The molecule has 0 aromatic carbocycles. The Bertz CT molecular complexity index is 1480. The Morgan fingerprint density at radius 1 is 0.955 bits per heavy atom. The number of nitrogens with zero attached hydrogens (tertiary/aromatic N) is 4. The molecule has 9 atom stereocenters. The first-order valence-corrected chi connectivity index (χ1v) is 15.9. The van der Waals surface area contributed by atoms with E-state index in [1.807, 2.05) is 0 Å². The molecule has 0 aliphatic carbocycles. The molecule has 1 unspecified atom stereocenters. The molecule has 3 rings (SSSR count). The van der Waals surface area contributed by atoms with E-state index in [1.165, 1.54) is 10.9 Å². The average Bonchev–Trinajstić information content (AvgIpc) is 3.45. The van der Waals surface area contributed by atoms with E-state index >= 15 is 0 Å². The lowest BCUT2D eigenvalue weighted by atomic mass is 10.0. The Labute approximate surface area is 242 Å². The van der Waals surface area contributed by atoms with Crippen molar-refractivity contribution in [2.24, 2.45) is 0 Å². The molecular formula is C16H26N5O20P3. The van der Waals surface area contributed by atoms with Crippen LogP contribution in [-0.4, -0.2) is 141 Å². The summed E-state index contributed by atoms with van der Waals surface area (Å²) in [6.07, 6.45) is -13.5. The van der Waals surface area contributed by atoms with Gasteiger partial charge in [-0.05, 0) is 0 Å². The van der Waals surface area contributed by atoms with E-state index in [0.717, 1.165) is 6.33 Å². The van der Waals surface area contributed by atoms with Crippen molar-refractivity contribution in [3.63, 3.8) is 0 Å². The van der Waals surface area contributed by atoms with Gasteiger partial charge in [0.25, 0.3) is 5.52 Å². The lowest BCUT2D eigenvalue weighted by Gasteiger charge is -2.23. The van der Waals surface area contributed by atoms with Crippen molar-refractivity contribution in [2.75, 3.05) is 12.3 Å². The van der Waals surface area contributed by atoms with Gasteiger partial charge in [-0.3, -0.25) is 18.5 Å². The van der Waals surface area contributed by atoms with Gasteiger partial charge in [-0.15, -0.1) is 0 Å². The maximum atomic E-state index is 11.5. The molecule has 28 heteroatoms. The standard InChI is InChI=1S/C10H15N5O10P2.C6H11O10P/c11-8-5-9(13-2-12-8)15(3-14-5)10-7(17)6(16)4(24-10)1-23-27(21,22)25-26(18,19)20;7-1(3(9)5(11)12)2(8)4(10)6(13)17(14,15)16/h2-4,6-7,10,16-17H,1H2,(H,21,22)(H2,11,12,13)(H2,18,19,20);1-4,7-10H,(H,11,12)(H2,14,15,16)/t4-,6-,7-,10-;1-,2+,3+,4-/m11/s1. The van der Waals surface area contributed by atoms with Crippen LogP contribution in [0.4, 0.5) is 5.82 Å². The number of imidazole rings is 1. The highest BCUT2D eigenvalue weighted by molar-refractivity contribution is 7.70. The lowest BCUT2D eigenvalue weighted by Crippen LogP contribution is -2.49. The molecule has 25 nitrogen and oxygen atoms in total. The van der Waals surface area contributed by atoms with E-state index in [0.29, 0.717) is 0 Å². The number of carboxylic acids is 1. The topological polar surface area (TPSA) is 425 Å². The highest BCUT2D eigenvalue weighted by Gasteiger charge is 2.46. The normalized spacial score (nSPS) is 24.9. The van der Waals surface area contributed by atoms with E-state index < -0.39 is 90.3 Å². The number of anilines is 1. The number of hydrogen-bond acceptors (Lipinski definition) is 18. The summed E-state index contributed by atoms with van der Waals surface area (Å²) >= 11 is 0. The first-order valence-electron chi connectivity index (χ1n) is 11.2. The number of aromatic nitrogens is 4. The molecule has 0 amide bonds. The summed E-state index contributed by atoms with van der Waals surface area (Å²) in [6.45, 7) is -0.813. The van der Waals surface area contributed by atoms with Gasteiger partial charge < -0.3 is 70.7 Å². The van der Waals surface area contributed by atoms with Crippen LogP contribution in [0.15, 0.2) is 12.7 Å². The number of fused-ring (bicyclic) bond motifs is 1. The monoisotopic (exact) mass is 701 g/mol. The van der Waals surface area contributed by atoms with E-state index in [-0.39, 0.29) is 17.0 Å². The van der Waals surface area contributed by atoms with Crippen molar-refractivity contribution < 1.29 is 97.1 Å². The molecule has 1 saturated heterocycles. The first kappa shape index (κ1) is 37.8. The largest absolute Gasteiger partial charge is 0.481 e. The number of phosphoric acid groups is 2. The number of hydrogen-bond donors (Lipinski definition) is 13. The van der Waals surface area contributed by atoms with Crippen LogP contribution in [0.2, 0.25) is 0 Å². The summed E-state index contributed by atoms with van der Waals surface area (Å²) in [4.78, 5) is 75.8. The third-order valence-electron chi connectivity index (χ3n) is 5.40. The van der Waals surface area contributed by atoms with Crippen molar-refractivity contribution in [1.29, 1.82) is 0 Å². The Hall–Kier alpha value is -2.38. The maximum absolute atomic E-state index is 11.5. The minimum atomic E-state index is -5.35. The molecule has 0 saturated carbocycles. The molecule has 1 fully saturated rings. The SMILES string of the molecule is Nc1ncnc2c1ncn2[C@@H]1O[C@H](COP(=O)(O)OP(=O)(O)O)[C@@H](O)[C@H]1O.O=C(O)[C@@H](O)[C@H](O)[C@H](O)[C@@H](O)C(=O)P(=O)(O)O. The number of aliphatic hydroxyl groups excluding tert-OH is 6. The Morgan fingerprint density at radius 2 is 1.52 bits per heavy atom. The molecule has 1 aliphatic heterocycles. The van der Waals surface area contributed by atoms with Gasteiger partial charge in [0.05, 0.1) is 12.9 Å². The maximum Gasteiger partial charge on any atom is 0.481 e. The van der Waals surface area contributed by atoms with Crippen molar-refractivity contribution in [2.45, 2.75) is 49.0 Å². The van der Waals surface area contributed by atoms with Crippen LogP contribution in [0.3, 0.4) is 0 Å². The number of carbonyl (C=O) groups excluding carboxylic acids is 1. The molecular weight excluding hydrogens is 675 g/mol. The summed E-state index contributed by atoms with van der Waals surface area (Å²) in [5, 5.41) is 64.3. The Morgan fingerprint density at radius 3 is 2.05 bits per heavy atom. The van der Waals surface area contributed by atoms with Gasteiger partial charge in [0.1, 0.15) is 42.4 Å². The predicted octanol–water partition coefficient (Wildman–Crippen LogP) is -5.53. The molecule has 0 spiro atoms. The van der Waals surface area contributed by atoms with Gasteiger partial charge in [-0.25, -0.2) is 28.9 Å². The van der Waals surface area contributed by atoms with Crippen molar-refractivity contribution in [1.82, 2.24) is 19.5 Å². The van der Waals surface area contributed by atoms with Gasteiger partial charge in [0.2, 0.25) is 0 Å². The van der Waals surface area contributed by atoms with Crippen molar-refractivity contribution in [3.8, 4) is 0 Å². The molecule has 44 heavy (non-hydrogen) atoms. The number of aliphatic carboxylic acids is 1. The number of phosphoric ester groups is 1. The quantitative estimate of drug-likeness (QED) is 0.0917. The van der Waals surface area contributed by atoms with E-state index in [9.17, 15) is 38.4 Å². The molecule has 2 aromatic heterocycles. The van der Waals surface area contributed by atoms with E-state index in [4.69, 9.17) is 55.6 Å². The zero-order chi connectivity index (χ0) is 33.9.